The summed E-state index contributed by atoms with van der Waals surface area (Å²) in [5.74, 6) is 0. The Hall–Kier alpha value is -0.810. The first kappa shape index (κ1) is 7.30. The molecule has 3 nitrogen and oxygen atoms in total. The van der Waals surface area contributed by atoms with Gasteiger partial charge in [-0.15, -0.1) is 0 Å². The van der Waals surface area contributed by atoms with Crippen LogP contribution < -0.4 is 5.56 Å². The SMILES string of the molecule is O=c1[nH]c(=S)[nH]cc1C=S. The minimum Gasteiger partial charge on any atom is -0.338 e. The standard InChI is InChI=1S/C5H4N2OS2/c8-4-3(2-9)1-6-5(10)7-4/h1-2H,(H2,6,7,8,10). The van der Waals surface area contributed by atoms with Gasteiger partial charge in [-0.2, -0.15) is 0 Å². The third-order valence-corrected chi connectivity index (χ3v) is 1.45. The molecule has 0 aromatic carbocycles. The Balaban J connectivity index is 3.48. The summed E-state index contributed by atoms with van der Waals surface area (Å²) in [6.07, 6.45) is 1.48. The summed E-state index contributed by atoms with van der Waals surface area (Å²) in [5, 5.41) is 1.30. The lowest BCUT2D eigenvalue weighted by molar-refractivity contribution is 1.08. The number of aromatic amines is 2. The fraction of sp³-hybridized carbons (Fsp3) is 0. The third-order valence-electron chi connectivity index (χ3n) is 0.975. The maximum Gasteiger partial charge on any atom is 0.259 e. The molecular formula is C5H4N2OS2. The van der Waals surface area contributed by atoms with E-state index in [1.165, 1.54) is 11.6 Å². The molecule has 0 aliphatic carbocycles. The second kappa shape index (κ2) is 2.85. The average molecular weight is 172 g/mol. The first-order valence-electron chi connectivity index (χ1n) is 2.51. The highest BCUT2D eigenvalue weighted by Gasteiger charge is 1.90. The zero-order valence-corrected chi connectivity index (χ0v) is 6.51. The predicted octanol–water partition coefficient (Wildman–Crippen LogP) is 0.780. The lowest BCUT2D eigenvalue weighted by Gasteiger charge is -1.87. The average Bonchev–Trinajstić information content (AvgIpc) is 1.88. The van der Waals surface area contributed by atoms with Crippen LogP contribution in [0.3, 0.4) is 0 Å². The quantitative estimate of drug-likeness (QED) is 0.615. The van der Waals surface area contributed by atoms with Crippen molar-refractivity contribution in [1.29, 1.82) is 0 Å². The number of rotatable bonds is 1. The van der Waals surface area contributed by atoms with Crippen molar-refractivity contribution >= 4 is 29.8 Å². The Labute approximate surface area is 67.1 Å². The third kappa shape index (κ3) is 1.37. The van der Waals surface area contributed by atoms with Gasteiger partial charge < -0.3 is 4.98 Å². The van der Waals surface area contributed by atoms with Crippen molar-refractivity contribution in [1.82, 2.24) is 9.97 Å². The summed E-state index contributed by atoms with van der Waals surface area (Å²) in [6.45, 7) is 0. The monoisotopic (exact) mass is 172 g/mol. The van der Waals surface area contributed by atoms with Crippen molar-refractivity contribution in [3.05, 3.63) is 26.9 Å². The predicted molar refractivity (Wildman–Crippen MR) is 45.0 cm³/mol. The van der Waals surface area contributed by atoms with Crippen LogP contribution in [0.15, 0.2) is 11.0 Å². The van der Waals surface area contributed by atoms with Gasteiger partial charge in [0.25, 0.3) is 5.56 Å². The van der Waals surface area contributed by atoms with E-state index in [4.69, 9.17) is 0 Å². The molecule has 0 saturated heterocycles. The van der Waals surface area contributed by atoms with Gasteiger partial charge in [-0.25, -0.2) is 0 Å². The van der Waals surface area contributed by atoms with Crippen LogP contribution in [0.4, 0.5) is 0 Å². The van der Waals surface area contributed by atoms with Gasteiger partial charge in [0.15, 0.2) is 4.77 Å². The van der Waals surface area contributed by atoms with Crippen LogP contribution in [0.5, 0.6) is 0 Å². The highest BCUT2D eigenvalue weighted by atomic mass is 32.1. The van der Waals surface area contributed by atoms with Crippen molar-refractivity contribution in [2.24, 2.45) is 0 Å². The van der Waals surface area contributed by atoms with Crippen molar-refractivity contribution in [2.75, 3.05) is 0 Å². The Morgan fingerprint density at radius 2 is 2.30 bits per heavy atom. The highest BCUT2D eigenvalue weighted by Crippen LogP contribution is 1.80. The van der Waals surface area contributed by atoms with Crippen molar-refractivity contribution in [3.8, 4) is 0 Å². The van der Waals surface area contributed by atoms with E-state index in [2.05, 4.69) is 34.4 Å². The minimum absolute atomic E-state index is 0.251. The van der Waals surface area contributed by atoms with Crippen LogP contribution in [-0.4, -0.2) is 15.3 Å². The number of H-pyrrole nitrogens is 2. The molecule has 0 spiro atoms. The van der Waals surface area contributed by atoms with E-state index in [0.29, 0.717) is 10.3 Å². The van der Waals surface area contributed by atoms with Gasteiger partial charge in [0.1, 0.15) is 0 Å². The van der Waals surface area contributed by atoms with Crippen molar-refractivity contribution in [2.45, 2.75) is 0 Å². The lowest BCUT2D eigenvalue weighted by Crippen LogP contribution is -2.11. The smallest absolute Gasteiger partial charge is 0.259 e. The Kier molecular flexibility index (Phi) is 2.08. The zero-order valence-electron chi connectivity index (χ0n) is 4.88. The molecule has 1 aromatic rings. The lowest BCUT2D eigenvalue weighted by atomic mass is 10.4. The van der Waals surface area contributed by atoms with Crippen LogP contribution in [0.2, 0.25) is 0 Å². The molecule has 0 aliphatic heterocycles. The summed E-state index contributed by atoms with van der Waals surface area (Å²) >= 11 is 9.20. The van der Waals surface area contributed by atoms with Gasteiger partial charge in [0, 0.05) is 11.6 Å². The maximum atomic E-state index is 10.8. The van der Waals surface area contributed by atoms with Gasteiger partial charge in [-0.1, -0.05) is 12.2 Å². The Bertz CT molecular complexity index is 351. The highest BCUT2D eigenvalue weighted by molar-refractivity contribution is 7.79. The largest absolute Gasteiger partial charge is 0.338 e. The molecule has 0 bridgehead atoms. The van der Waals surface area contributed by atoms with Crippen LogP contribution in [0.1, 0.15) is 5.56 Å². The van der Waals surface area contributed by atoms with Gasteiger partial charge in [0.05, 0.1) is 5.56 Å². The molecule has 0 fully saturated rings. The van der Waals surface area contributed by atoms with Crippen LogP contribution in [-0.2, 0) is 0 Å². The fourth-order valence-corrected chi connectivity index (χ4v) is 0.834. The van der Waals surface area contributed by atoms with E-state index >= 15 is 0 Å². The summed E-state index contributed by atoms with van der Waals surface area (Å²) < 4.78 is 0.311. The molecule has 1 rings (SSSR count). The normalized spacial score (nSPS) is 9.20. The molecule has 2 N–H and O–H groups in total. The first-order chi connectivity index (χ1) is 4.74. The Morgan fingerprint density at radius 1 is 1.60 bits per heavy atom. The number of thiocarbonyl (C=S) groups is 1. The summed E-state index contributed by atoms with van der Waals surface area (Å²) in [6, 6.07) is 0. The van der Waals surface area contributed by atoms with Crippen molar-refractivity contribution in [3.63, 3.8) is 0 Å². The molecule has 1 aromatic heterocycles. The summed E-state index contributed by atoms with van der Waals surface area (Å²) in [7, 11) is 0. The van der Waals surface area contributed by atoms with Crippen LogP contribution >= 0.6 is 24.4 Å². The topological polar surface area (TPSA) is 48.6 Å². The van der Waals surface area contributed by atoms with E-state index in [1.807, 2.05) is 0 Å². The van der Waals surface area contributed by atoms with Gasteiger partial charge >= 0.3 is 0 Å². The molecule has 0 unspecified atom stereocenters. The maximum absolute atomic E-state index is 10.8. The van der Waals surface area contributed by atoms with Crippen LogP contribution in [0.25, 0.3) is 0 Å². The summed E-state index contributed by atoms with van der Waals surface area (Å²) in [5.41, 5.74) is 0.169. The van der Waals surface area contributed by atoms with Gasteiger partial charge in [-0.3, -0.25) is 9.78 Å². The second-order valence-electron chi connectivity index (χ2n) is 1.65. The van der Waals surface area contributed by atoms with E-state index in [9.17, 15) is 4.79 Å². The Morgan fingerprint density at radius 3 is 2.80 bits per heavy atom. The number of aromatic nitrogens is 2. The minimum atomic E-state index is -0.251. The molecule has 5 heteroatoms. The van der Waals surface area contributed by atoms with E-state index in [0.717, 1.165) is 0 Å². The number of hydrogen-bond donors (Lipinski definition) is 2. The van der Waals surface area contributed by atoms with E-state index in [-0.39, 0.29) is 5.56 Å². The molecule has 0 aliphatic rings. The molecular weight excluding hydrogens is 168 g/mol. The zero-order chi connectivity index (χ0) is 7.56. The van der Waals surface area contributed by atoms with E-state index < -0.39 is 0 Å². The fourth-order valence-electron chi connectivity index (χ4n) is 0.508. The first-order valence-corrected chi connectivity index (χ1v) is 3.39. The van der Waals surface area contributed by atoms with Crippen molar-refractivity contribution < 1.29 is 0 Å². The molecule has 52 valence electrons. The molecule has 0 amide bonds. The van der Waals surface area contributed by atoms with Gasteiger partial charge in [0.2, 0.25) is 0 Å². The molecule has 0 radical (unpaired) electrons. The molecule has 0 atom stereocenters. The molecule has 1 heterocycles. The van der Waals surface area contributed by atoms with Gasteiger partial charge in [-0.05, 0) is 12.2 Å². The van der Waals surface area contributed by atoms with Crippen LogP contribution in [0, 0.1) is 4.77 Å². The number of hydrogen-bond acceptors (Lipinski definition) is 3. The van der Waals surface area contributed by atoms with E-state index in [1.54, 1.807) is 0 Å². The molecule has 0 saturated carbocycles. The number of nitrogens with one attached hydrogen (secondary N) is 2. The molecule has 10 heavy (non-hydrogen) atoms. The summed E-state index contributed by atoms with van der Waals surface area (Å²) in [4.78, 5) is 15.9. The second-order valence-corrected chi connectivity index (χ2v) is 2.29.